The summed E-state index contributed by atoms with van der Waals surface area (Å²) in [7, 11) is 0. The number of allylic oxidation sites excluding steroid dienone is 4. The van der Waals surface area contributed by atoms with Gasteiger partial charge in [-0.15, -0.1) is 0 Å². The molecule has 0 heteroatoms. The van der Waals surface area contributed by atoms with Gasteiger partial charge in [0.05, 0.1) is 0 Å². The highest BCUT2D eigenvalue weighted by molar-refractivity contribution is 5.90. The predicted molar refractivity (Wildman–Crippen MR) is 71.5 cm³/mol. The molecule has 1 aliphatic carbocycles. The summed E-state index contributed by atoms with van der Waals surface area (Å²) in [6.45, 7) is 11.2. The predicted octanol–water partition coefficient (Wildman–Crippen LogP) is 4.72. The van der Waals surface area contributed by atoms with E-state index in [2.05, 4.69) is 65.0 Å². The van der Waals surface area contributed by atoms with E-state index in [1.165, 1.54) is 27.8 Å². The maximum absolute atomic E-state index is 2.32. The largest absolute Gasteiger partial charge is 0.0795 e. The van der Waals surface area contributed by atoms with Crippen LogP contribution in [0.1, 0.15) is 45.7 Å². The summed E-state index contributed by atoms with van der Waals surface area (Å²) in [5.74, 6) is 0. The molecule has 1 aliphatic rings. The minimum absolute atomic E-state index is 0.150. The zero-order chi connectivity index (χ0) is 11.9. The lowest BCUT2D eigenvalue weighted by molar-refractivity contribution is 0.654. The third kappa shape index (κ3) is 1.36. The van der Waals surface area contributed by atoms with Gasteiger partial charge in [0, 0.05) is 5.41 Å². The van der Waals surface area contributed by atoms with Crippen LogP contribution in [0.4, 0.5) is 0 Å². The van der Waals surface area contributed by atoms with E-state index < -0.39 is 0 Å². The van der Waals surface area contributed by atoms with Gasteiger partial charge in [0.15, 0.2) is 0 Å². The highest BCUT2D eigenvalue weighted by atomic mass is 14.4. The van der Waals surface area contributed by atoms with Crippen LogP contribution in [0.3, 0.4) is 0 Å². The Labute approximate surface area is 98.7 Å². The lowest BCUT2D eigenvalue weighted by Gasteiger charge is -2.23. The van der Waals surface area contributed by atoms with E-state index in [1.54, 1.807) is 0 Å². The Morgan fingerprint density at radius 1 is 1.12 bits per heavy atom. The van der Waals surface area contributed by atoms with Crippen molar-refractivity contribution in [3.63, 3.8) is 0 Å². The van der Waals surface area contributed by atoms with Crippen LogP contribution in [0.2, 0.25) is 0 Å². The third-order valence-corrected chi connectivity index (χ3v) is 3.57. The van der Waals surface area contributed by atoms with Gasteiger partial charge in [0.2, 0.25) is 0 Å². The average molecular weight is 212 g/mol. The van der Waals surface area contributed by atoms with Crippen molar-refractivity contribution in [3.05, 3.63) is 52.6 Å². The molecule has 0 heterocycles. The fourth-order valence-electron chi connectivity index (χ4n) is 3.06. The summed E-state index contributed by atoms with van der Waals surface area (Å²) >= 11 is 0. The zero-order valence-electron chi connectivity index (χ0n) is 10.9. The van der Waals surface area contributed by atoms with Crippen molar-refractivity contribution in [3.8, 4) is 0 Å². The molecule has 0 nitrogen and oxygen atoms in total. The van der Waals surface area contributed by atoms with E-state index in [1.807, 2.05) is 0 Å². The van der Waals surface area contributed by atoms with Gasteiger partial charge in [-0.25, -0.2) is 0 Å². The number of fused-ring (bicyclic) bond motifs is 1. The van der Waals surface area contributed by atoms with Crippen LogP contribution in [0.15, 0.2) is 41.5 Å². The molecule has 0 amide bonds. The maximum Gasteiger partial charge on any atom is 0.0158 e. The van der Waals surface area contributed by atoms with Crippen molar-refractivity contribution >= 4 is 5.57 Å². The van der Waals surface area contributed by atoms with E-state index in [4.69, 9.17) is 0 Å². The summed E-state index contributed by atoms with van der Waals surface area (Å²) in [6, 6.07) is 8.77. The molecule has 0 atom stereocenters. The monoisotopic (exact) mass is 212 g/mol. The van der Waals surface area contributed by atoms with Gasteiger partial charge in [-0.2, -0.15) is 0 Å². The molecule has 16 heavy (non-hydrogen) atoms. The first-order valence-corrected chi connectivity index (χ1v) is 5.94. The topological polar surface area (TPSA) is 0 Å². The first kappa shape index (κ1) is 11.2. The van der Waals surface area contributed by atoms with Gasteiger partial charge in [0.25, 0.3) is 0 Å². The highest BCUT2D eigenvalue weighted by Crippen LogP contribution is 2.50. The number of rotatable bonds is 0. The lowest BCUT2D eigenvalue weighted by Crippen LogP contribution is -2.16. The molecular weight excluding hydrogens is 192 g/mol. The van der Waals surface area contributed by atoms with Crippen LogP contribution in [0.5, 0.6) is 0 Å². The van der Waals surface area contributed by atoms with Crippen molar-refractivity contribution < 1.29 is 0 Å². The van der Waals surface area contributed by atoms with Gasteiger partial charge in [0.1, 0.15) is 0 Å². The van der Waals surface area contributed by atoms with Gasteiger partial charge in [-0.3, -0.25) is 0 Å². The Morgan fingerprint density at radius 3 is 2.31 bits per heavy atom. The first-order chi connectivity index (χ1) is 7.50. The second-order valence-corrected chi connectivity index (χ2v) is 5.25. The fraction of sp³-hybridized carbons (Fsp3) is 0.375. The summed E-state index contributed by atoms with van der Waals surface area (Å²) in [4.78, 5) is 0. The third-order valence-electron chi connectivity index (χ3n) is 3.57. The Kier molecular flexibility index (Phi) is 2.53. The van der Waals surface area contributed by atoms with Crippen LogP contribution in [0.25, 0.3) is 5.57 Å². The second kappa shape index (κ2) is 3.62. The Bertz CT molecular complexity index is 481. The maximum atomic E-state index is 2.32. The molecule has 0 aromatic heterocycles. The molecule has 0 bridgehead atoms. The fourth-order valence-corrected chi connectivity index (χ4v) is 3.06. The zero-order valence-corrected chi connectivity index (χ0v) is 10.9. The van der Waals surface area contributed by atoms with E-state index in [-0.39, 0.29) is 5.41 Å². The molecule has 0 spiro atoms. The molecule has 0 unspecified atom stereocenters. The molecule has 0 saturated carbocycles. The first-order valence-electron chi connectivity index (χ1n) is 5.94. The molecule has 0 N–H and O–H groups in total. The summed E-state index contributed by atoms with van der Waals surface area (Å²) < 4.78 is 0. The molecule has 2 rings (SSSR count). The SMILES string of the molecule is C/C=C1\C(=C(C)C)C(C)(C)c2ccccc21. The van der Waals surface area contributed by atoms with Gasteiger partial charge in [-0.1, -0.05) is 49.8 Å². The van der Waals surface area contributed by atoms with Crippen molar-refractivity contribution in [2.45, 2.75) is 40.0 Å². The van der Waals surface area contributed by atoms with E-state index >= 15 is 0 Å². The summed E-state index contributed by atoms with van der Waals surface area (Å²) in [6.07, 6.45) is 2.25. The van der Waals surface area contributed by atoms with E-state index in [0.717, 1.165) is 0 Å². The Hall–Kier alpha value is -1.30. The van der Waals surface area contributed by atoms with E-state index in [9.17, 15) is 0 Å². The average Bonchev–Trinajstić information content (AvgIpc) is 2.47. The quantitative estimate of drug-likeness (QED) is 0.584. The summed E-state index contributed by atoms with van der Waals surface area (Å²) in [5.41, 5.74) is 7.36. The van der Waals surface area contributed by atoms with Crippen LogP contribution in [0, 0.1) is 0 Å². The van der Waals surface area contributed by atoms with Gasteiger partial charge >= 0.3 is 0 Å². The molecule has 1 aromatic rings. The van der Waals surface area contributed by atoms with Crippen LogP contribution < -0.4 is 0 Å². The van der Waals surface area contributed by atoms with Crippen molar-refractivity contribution in [1.82, 2.24) is 0 Å². The van der Waals surface area contributed by atoms with Crippen LogP contribution >= 0.6 is 0 Å². The second-order valence-electron chi connectivity index (χ2n) is 5.25. The molecule has 84 valence electrons. The highest BCUT2D eigenvalue weighted by Gasteiger charge is 2.37. The Balaban J connectivity index is 2.81. The standard InChI is InChI=1S/C16H20/c1-6-12-13-9-7-8-10-14(13)16(4,5)15(12)11(2)3/h6-10H,1-5H3/b12-6-. The molecule has 0 saturated heterocycles. The minimum atomic E-state index is 0.150. The van der Waals surface area contributed by atoms with Crippen LogP contribution in [-0.2, 0) is 5.41 Å². The molecule has 0 aliphatic heterocycles. The number of hydrogen-bond donors (Lipinski definition) is 0. The Morgan fingerprint density at radius 2 is 1.75 bits per heavy atom. The number of hydrogen-bond acceptors (Lipinski definition) is 0. The lowest BCUT2D eigenvalue weighted by atomic mass is 9.80. The molecular formula is C16H20. The van der Waals surface area contributed by atoms with Gasteiger partial charge < -0.3 is 0 Å². The molecule has 0 radical (unpaired) electrons. The van der Waals surface area contributed by atoms with Crippen molar-refractivity contribution in [1.29, 1.82) is 0 Å². The van der Waals surface area contributed by atoms with Crippen molar-refractivity contribution in [2.75, 3.05) is 0 Å². The van der Waals surface area contributed by atoms with Crippen LogP contribution in [-0.4, -0.2) is 0 Å². The summed E-state index contributed by atoms with van der Waals surface area (Å²) in [5, 5.41) is 0. The van der Waals surface area contributed by atoms with Crippen molar-refractivity contribution in [2.24, 2.45) is 0 Å². The van der Waals surface area contributed by atoms with E-state index in [0.29, 0.717) is 0 Å². The minimum Gasteiger partial charge on any atom is -0.0795 e. The normalized spacial score (nSPS) is 20.1. The number of benzene rings is 1. The van der Waals surface area contributed by atoms with Gasteiger partial charge in [-0.05, 0) is 43.0 Å². The molecule has 1 aromatic carbocycles. The molecule has 0 fully saturated rings. The smallest absolute Gasteiger partial charge is 0.0158 e.